The third-order valence-corrected chi connectivity index (χ3v) is 10.1. The highest BCUT2D eigenvalue weighted by atomic mass is 35.5. The number of nitrogens with one attached hydrogen (secondary N) is 1. The fourth-order valence-electron chi connectivity index (χ4n) is 5.08. The van der Waals surface area contributed by atoms with Crippen molar-refractivity contribution in [1.82, 2.24) is 10.2 Å². The number of methoxy groups -OCH3 is 1. The van der Waals surface area contributed by atoms with Gasteiger partial charge in [0, 0.05) is 29.6 Å². The summed E-state index contributed by atoms with van der Waals surface area (Å²) in [5, 5.41) is 3.71. The molecule has 11 heteroatoms. The molecule has 0 radical (unpaired) electrons. The second-order valence-corrected chi connectivity index (χ2v) is 13.8. The minimum Gasteiger partial charge on any atom is -0.495 e. The van der Waals surface area contributed by atoms with Crippen molar-refractivity contribution in [2.45, 2.75) is 50.6 Å². The summed E-state index contributed by atoms with van der Waals surface area (Å²) < 4.78 is 35.1. The third kappa shape index (κ3) is 9.28. The van der Waals surface area contributed by atoms with E-state index in [1.54, 1.807) is 54.6 Å². The molecule has 0 bridgehead atoms. The van der Waals surface area contributed by atoms with Crippen molar-refractivity contribution in [3.05, 3.63) is 124 Å². The van der Waals surface area contributed by atoms with E-state index in [0.29, 0.717) is 22.2 Å². The smallest absolute Gasteiger partial charge is 0.264 e. The number of carbonyl (C=O) groups is 2. The van der Waals surface area contributed by atoms with Crippen LogP contribution in [0.3, 0.4) is 0 Å². The summed E-state index contributed by atoms with van der Waals surface area (Å²) in [6, 6.07) is 26.3. The molecule has 1 atom stereocenters. The molecule has 4 aromatic carbocycles. The number of nitrogens with zero attached hydrogens (tertiary/aromatic N) is 2. The zero-order valence-corrected chi connectivity index (χ0v) is 29.0. The maximum absolute atomic E-state index is 14.6. The number of rotatable bonds is 15. The minimum atomic E-state index is -4.28. The highest BCUT2D eigenvalue weighted by molar-refractivity contribution is 7.92. The molecule has 2 amide bonds. The molecule has 0 unspecified atom stereocenters. The zero-order valence-electron chi connectivity index (χ0n) is 26.7. The summed E-state index contributed by atoms with van der Waals surface area (Å²) in [5.41, 5.74) is 2.44. The van der Waals surface area contributed by atoms with E-state index >= 15 is 0 Å². The summed E-state index contributed by atoms with van der Waals surface area (Å²) in [6.07, 6.45) is 1.82. The van der Waals surface area contributed by atoms with Crippen molar-refractivity contribution in [2.75, 3.05) is 24.5 Å². The van der Waals surface area contributed by atoms with E-state index in [9.17, 15) is 18.0 Å². The Balaban J connectivity index is 1.84. The number of carbonyl (C=O) groups excluding carboxylic acids is 2. The Morgan fingerprint density at radius 3 is 2.26 bits per heavy atom. The first-order chi connectivity index (χ1) is 22.5. The van der Waals surface area contributed by atoms with Gasteiger partial charge in [-0.05, 0) is 60.9 Å². The highest BCUT2D eigenvalue weighted by Crippen LogP contribution is 2.33. The molecule has 0 saturated carbocycles. The lowest BCUT2D eigenvalue weighted by atomic mass is 10.0. The van der Waals surface area contributed by atoms with Crippen LogP contribution in [-0.2, 0) is 32.6 Å². The molecule has 0 aromatic heterocycles. The standard InChI is InChI=1S/C36H39Cl2N3O5S/c1-4-5-21-39-36(43)33(22-27-11-7-6-8-12-27)40(24-28-17-18-29(37)23-31(28)38)35(42)25-41(32-13-9-10-14-34(32)46-3)47(44,45)30-19-15-26(2)16-20-30/h6-20,23,33H,4-5,21-22,24-25H2,1-3H3,(H,39,43)/t33-/m0/s1. The summed E-state index contributed by atoms with van der Waals surface area (Å²) in [4.78, 5) is 29.9. The van der Waals surface area contributed by atoms with Gasteiger partial charge in [0.25, 0.3) is 10.0 Å². The largest absolute Gasteiger partial charge is 0.495 e. The molecular formula is C36H39Cl2N3O5S. The van der Waals surface area contributed by atoms with Gasteiger partial charge in [-0.15, -0.1) is 0 Å². The summed E-state index contributed by atoms with van der Waals surface area (Å²) >= 11 is 12.8. The van der Waals surface area contributed by atoms with Crippen molar-refractivity contribution in [1.29, 1.82) is 0 Å². The molecule has 248 valence electrons. The Kier molecular flexibility index (Phi) is 12.7. The van der Waals surface area contributed by atoms with Crippen molar-refractivity contribution in [2.24, 2.45) is 0 Å². The SMILES string of the molecule is CCCCNC(=O)[C@H](Cc1ccccc1)N(Cc1ccc(Cl)cc1Cl)C(=O)CN(c1ccccc1OC)S(=O)(=O)c1ccc(C)cc1. The predicted octanol–water partition coefficient (Wildman–Crippen LogP) is 7.06. The maximum Gasteiger partial charge on any atom is 0.264 e. The fraction of sp³-hybridized carbons (Fsp3) is 0.278. The van der Waals surface area contributed by atoms with Crippen LogP contribution in [0.2, 0.25) is 10.0 Å². The predicted molar refractivity (Wildman–Crippen MR) is 188 cm³/mol. The van der Waals surface area contributed by atoms with E-state index in [1.165, 1.54) is 24.1 Å². The molecule has 0 aliphatic rings. The van der Waals surface area contributed by atoms with E-state index in [1.807, 2.05) is 44.2 Å². The Labute approximate surface area is 287 Å². The van der Waals surface area contributed by atoms with E-state index in [2.05, 4.69) is 5.32 Å². The lowest BCUT2D eigenvalue weighted by molar-refractivity contribution is -0.140. The molecular weight excluding hydrogens is 657 g/mol. The molecule has 4 aromatic rings. The molecule has 47 heavy (non-hydrogen) atoms. The zero-order chi connectivity index (χ0) is 34.0. The molecule has 0 spiro atoms. The summed E-state index contributed by atoms with van der Waals surface area (Å²) in [6.45, 7) is 3.62. The van der Waals surface area contributed by atoms with E-state index in [4.69, 9.17) is 27.9 Å². The number of amides is 2. The Bertz CT molecular complexity index is 1770. The Morgan fingerprint density at radius 2 is 1.60 bits per heavy atom. The highest BCUT2D eigenvalue weighted by Gasteiger charge is 2.35. The van der Waals surface area contributed by atoms with Gasteiger partial charge in [-0.1, -0.05) is 103 Å². The van der Waals surface area contributed by atoms with Crippen molar-refractivity contribution >= 4 is 50.7 Å². The van der Waals surface area contributed by atoms with Gasteiger partial charge in [-0.2, -0.15) is 0 Å². The van der Waals surface area contributed by atoms with E-state index in [-0.39, 0.29) is 35.2 Å². The summed E-state index contributed by atoms with van der Waals surface area (Å²) in [5.74, 6) is -0.698. The number of para-hydroxylation sites is 2. The van der Waals surface area contributed by atoms with Crippen LogP contribution in [0.15, 0.2) is 102 Å². The van der Waals surface area contributed by atoms with E-state index < -0.39 is 28.5 Å². The van der Waals surface area contributed by atoms with Crippen LogP contribution in [0, 0.1) is 6.92 Å². The number of sulfonamides is 1. The second-order valence-electron chi connectivity index (χ2n) is 11.1. The first kappa shape index (κ1) is 35.8. The number of ether oxygens (including phenoxy) is 1. The number of benzene rings is 4. The molecule has 8 nitrogen and oxygen atoms in total. The van der Waals surface area contributed by atoms with Crippen LogP contribution in [0.5, 0.6) is 5.75 Å². The molecule has 0 aliphatic carbocycles. The topological polar surface area (TPSA) is 96.0 Å². The van der Waals surface area contributed by atoms with Gasteiger partial charge in [0.1, 0.15) is 18.3 Å². The number of unbranched alkanes of at least 4 members (excludes halogenated alkanes) is 1. The lowest BCUT2D eigenvalue weighted by Crippen LogP contribution is -2.53. The first-order valence-corrected chi connectivity index (χ1v) is 17.5. The normalized spacial score (nSPS) is 11.9. The number of halogens is 2. The second kappa shape index (κ2) is 16.7. The molecule has 0 saturated heterocycles. The van der Waals surface area contributed by atoms with Gasteiger partial charge >= 0.3 is 0 Å². The molecule has 4 rings (SSSR count). The third-order valence-electron chi connectivity index (χ3n) is 7.70. The fourth-order valence-corrected chi connectivity index (χ4v) is 6.97. The van der Waals surface area contributed by atoms with Crippen LogP contribution in [0.1, 0.15) is 36.5 Å². The average molecular weight is 697 g/mol. The van der Waals surface area contributed by atoms with E-state index in [0.717, 1.165) is 28.3 Å². The Morgan fingerprint density at radius 1 is 0.915 bits per heavy atom. The van der Waals surface area contributed by atoms with Crippen LogP contribution in [0.25, 0.3) is 0 Å². The van der Waals surface area contributed by atoms with Crippen molar-refractivity contribution < 1.29 is 22.7 Å². The van der Waals surface area contributed by atoms with Crippen LogP contribution in [0.4, 0.5) is 5.69 Å². The number of aryl methyl sites for hydroxylation is 1. The molecule has 0 aliphatic heterocycles. The average Bonchev–Trinajstić information content (AvgIpc) is 3.06. The maximum atomic E-state index is 14.6. The van der Waals surface area contributed by atoms with Gasteiger partial charge in [0.2, 0.25) is 11.8 Å². The molecule has 0 fully saturated rings. The van der Waals surface area contributed by atoms with Gasteiger partial charge < -0.3 is 15.0 Å². The monoisotopic (exact) mass is 695 g/mol. The van der Waals surface area contributed by atoms with Gasteiger partial charge in [-0.3, -0.25) is 13.9 Å². The summed E-state index contributed by atoms with van der Waals surface area (Å²) in [7, 11) is -2.85. The van der Waals surface area contributed by atoms with Crippen molar-refractivity contribution in [3.63, 3.8) is 0 Å². The first-order valence-electron chi connectivity index (χ1n) is 15.3. The molecule has 0 heterocycles. The molecule has 1 N–H and O–H groups in total. The van der Waals surface area contributed by atoms with Gasteiger partial charge in [0.15, 0.2) is 0 Å². The van der Waals surface area contributed by atoms with Crippen molar-refractivity contribution in [3.8, 4) is 5.75 Å². The van der Waals surface area contributed by atoms with Gasteiger partial charge in [0.05, 0.1) is 17.7 Å². The number of anilines is 1. The lowest BCUT2D eigenvalue weighted by Gasteiger charge is -2.34. The van der Waals surface area contributed by atoms with Crippen LogP contribution < -0.4 is 14.4 Å². The minimum absolute atomic E-state index is 0.00671. The van der Waals surface area contributed by atoms with Gasteiger partial charge in [-0.25, -0.2) is 8.42 Å². The van der Waals surface area contributed by atoms with Crippen LogP contribution >= 0.6 is 23.2 Å². The van der Waals surface area contributed by atoms with Crippen LogP contribution in [-0.4, -0.2) is 51.4 Å². The Hall–Kier alpha value is -4.05. The quantitative estimate of drug-likeness (QED) is 0.134. The number of hydrogen-bond donors (Lipinski definition) is 1. The number of hydrogen-bond acceptors (Lipinski definition) is 5.